The lowest BCUT2D eigenvalue weighted by Gasteiger charge is -2.40. The molecule has 5 aromatic rings. The first-order valence-corrected chi connectivity index (χ1v) is 12.5. The van der Waals surface area contributed by atoms with Gasteiger partial charge in [-0.1, -0.05) is 41.9 Å². The van der Waals surface area contributed by atoms with Gasteiger partial charge in [0.25, 0.3) is 0 Å². The number of benzene rings is 2. The predicted molar refractivity (Wildman–Crippen MR) is 142 cm³/mol. The largest absolute Gasteiger partial charge is 0.385 e. The van der Waals surface area contributed by atoms with Crippen molar-refractivity contribution >= 4 is 45.2 Å². The Labute approximate surface area is 213 Å². The molecule has 4 heterocycles. The van der Waals surface area contributed by atoms with Gasteiger partial charge in [-0.05, 0) is 48.6 Å². The molecule has 1 saturated heterocycles. The van der Waals surface area contributed by atoms with Crippen LogP contribution >= 0.6 is 11.6 Å². The smallest absolute Gasteiger partial charge is 0.162 e. The van der Waals surface area contributed by atoms with E-state index in [4.69, 9.17) is 16.6 Å². The summed E-state index contributed by atoms with van der Waals surface area (Å²) in [6, 6.07) is 15.9. The Morgan fingerprint density at radius 3 is 2.67 bits per heavy atom. The highest BCUT2D eigenvalue weighted by Crippen LogP contribution is 2.39. The van der Waals surface area contributed by atoms with Crippen LogP contribution in [-0.2, 0) is 12.0 Å². The molecule has 2 aromatic carbocycles. The van der Waals surface area contributed by atoms with Crippen molar-refractivity contribution in [2.45, 2.75) is 24.9 Å². The number of aliphatic hydroxyl groups is 1. The Balaban J connectivity index is 1.28. The van der Waals surface area contributed by atoms with Crippen LogP contribution in [0.25, 0.3) is 22.1 Å². The van der Waals surface area contributed by atoms with E-state index in [9.17, 15) is 5.11 Å². The van der Waals surface area contributed by atoms with Crippen molar-refractivity contribution in [2.75, 3.05) is 29.9 Å². The minimum absolute atomic E-state index is 0.641. The quantitative estimate of drug-likeness (QED) is 0.311. The summed E-state index contributed by atoms with van der Waals surface area (Å²) in [5.41, 5.74) is 4.65. The number of rotatable bonds is 6. The standard InChI is InChI=1S/C27H26ClN7O/c28-21-15-18(8-12-30-25-23-26(32-16-31-23)34-17-33-25)24(22-20(21)7-4-11-29-22)35-13-9-27(36,10-14-35)19-5-2-1-3-6-19/h1-7,11,15-17,36H,8-10,12-14H2,(H2,30,31,32,33,34). The van der Waals surface area contributed by atoms with Crippen molar-refractivity contribution in [1.29, 1.82) is 0 Å². The first-order chi connectivity index (χ1) is 17.6. The van der Waals surface area contributed by atoms with Crippen LogP contribution in [0.2, 0.25) is 5.02 Å². The van der Waals surface area contributed by atoms with E-state index in [-0.39, 0.29) is 0 Å². The van der Waals surface area contributed by atoms with Gasteiger partial charge in [-0.2, -0.15) is 0 Å². The number of halogens is 1. The fourth-order valence-corrected chi connectivity index (χ4v) is 5.41. The number of anilines is 2. The van der Waals surface area contributed by atoms with Crippen LogP contribution in [0.1, 0.15) is 24.0 Å². The average Bonchev–Trinajstić information content (AvgIpc) is 3.40. The highest BCUT2D eigenvalue weighted by Gasteiger charge is 2.35. The number of fused-ring (bicyclic) bond motifs is 2. The summed E-state index contributed by atoms with van der Waals surface area (Å²) in [5.74, 6) is 0.693. The maximum atomic E-state index is 11.4. The summed E-state index contributed by atoms with van der Waals surface area (Å²) in [7, 11) is 0. The number of pyridine rings is 1. The highest BCUT2D eigenvalue weighted by atomic mass is 35.5. The minimum atomic E-state index is -0.822. The number of hydrogen-bond acceptors (Lipinski definition) is 7. The number of aromatic amines is 1. The molecular formula is C27H26ClN7O. The second-order valence-electron chi connectivity index (χ2n) is 9.15. The van der Waals surface area contributed by atoms with Crippen LogP contribution in [0.5, 0.6) is 0 Å². The van der Waals surface area contributed by atoms with Gasteiger partial charge in [0.15, 0.2) is 11.5 Å². The second kappa shape index (κ2) is 9.37. The van der Waals surface area contributed by atoms with Gasteiger partial charge < -0.3 is 20.3 Å². The van der Waals surface area contributed by atoms with E-state index in [1.54, 1.807) is 6.33 Å². The molecule has 0 amide bonds. The molecule has 0 aliphatic carbocycles. The number of nitrogens with zero attached hydrogens (tertiary/aromatic N) is 5. The van der Waals surface area contributed by atoms with E-state index in [0.717, 1.165) is 47.2 Å². The average molecular weight is 500 g/mol. The van der Waals surface area contributed by atoms with Gasteiger partial charge in [0.2, 0.25) is 0 Å². The van der Waals surface area contributed by atoms with E-state index in [2.05, 4.69) is 30.2 Å². The molecule has 8 nitrogen and oxygen atoms in total. The summed E-state index contributed by atoms with van der Waals surface area (Å²) < 4.78 is 0. The maximum Gasteiger partial charge on any atom is 0.162 e. The van der Waals surface area contributed by atoms with Gasteiger partial charge in [0.1, 0.15) is 11.8 Å². The normalized spacial score (nSPS) is 15.4. The number of piperidine rings is 1. The molecule has 0 spiro atoms. The molecule has 6 rings (SSSR count). The molecular weight excluding hydrogens is 474 g/mol. The molecule has 0 saturated carbocycles. The molecule has 9 heteroatoms. The van der Waals surface area contributed by atoms with E-state index in [1.807, 2.05) is 54.7 Å². The van der Waals surface area contributed by atoms with Crippen molar-refractivity contribution < 1.29 is 5.11 Å². The fourth-order valence-electron chi connectivity index (χ4n) is 5.13. The molecule has 3 aromatic heterocycles. The Bertz CT molecular complexity index is 1510. The molecule has 36 heavy (non-hydrogen) atoms. The van der Waals surface area contributed by atoms with E-state index in [1.165, 1.54) is 6.33 Å². The van der Waals surface area contributed by atoms with Gasteiger partial charge >= 0.3 is 0 Å². The van der Waals surface area contributed by atoms with Crippen molar-refractivity contribution in [3.63, 3.8) is 0 Å². The van der Waals surface area contributed by atoms with Crippen LogP contribution in [0.15, 0.2) is 67.4 Å². The zero-order chi connectivity index (χ0) is 24.5. The first-order valence-electron chi connectivity index (χ1n) is 12.1. The van der Waals surface area contributed by atoms with Crippen molar-refractivity contribution in [2.24, 2.45) is 0 Å². The molecule has 1 aliphatic heterocycles. The van der Waals surface area contributed by atoms with Crippen LogP contribution in [0.3, 0.4) is 0 Å². The fraction of sp³-hybridized carbons (Fsp3) is 0.259. The maximum absolute atomic E-state index is 11.4. The molecule has 1 fully saturated rings. The Morgan fingerprint density at radius 1 is 1.00 bits per heavy atom. The molecule has 0 atom stereocenters. The van der Waals surface area contributed by atoms with Crippen molar-refractivity contribution in [3.05, 3.63) is 83.5 Å². The zero-order valence-electron chi connectivity index (χ0n) is 19.7. The van der Waals surface area contributed by atoms with Crippen LogP contribution in [-0.4, -0.2) is 49.7 Å². The van der Waals surface area contributed by atoms with Crippen LogP contribution < -0.4 is 10.2 Å². The minimum Gasteiger partial charge on any atom is -0.385 e. The van der Waals surface area contributed by atoms with Gasteiger partial charge in [-0.25, -0.2) is 15.0 Å². The predicted octanol–water partition coefficient (Wildman–Crippen LogP) is 4.70. The van der Waals surface area contributed by atoms with Gasteiger partial charge in [-0.15, -0.1) is 0 Å². The Morgan fingerprint density at radius 2 is 1.83 bits per heavy atom. The lowest BCUT2D eigenvalue weighted by Crippen LogP contribution is -2.43. The summed E-state index contributed by atoms with van der Waals surface area (Å²) in [4.78, 5) is 23.0. The van der Waals surface area contributed by atoms with Crippen molar-refractivity contribution in [3.8, 4) is 0 Å². The summed E-state index contributed by atoms with van der Waals surface area (Å²) in [5, 5.41) is 16.4. The molecule has 0 bridgehead atoms. The highest BCUT2D eigenvalue weighted by molar-refractivity contribution is 6.36. The van der Waals surface area contributed by atoms with Crippen molar-refractivity contribution in [1.82, 2.24) is 24.9 Å². The lowest BCUT2D eigenvalue weighted by atomic mass is 9.84. The number of hydrogen-bond donors (Lipinski definition) is 3. The van der Waals surface area contributed by atoms with Gasteiger partial charge in [0, 0.05) is 31.2 Å². The summed E-state index contributed by atoms with van der Waals surface area (Å²) >= 11 is 6.70. The summed E-state index contributed by atoms with van der Waals surface area (Å²) in [6.07, 6.45) is 6.95. The van der Waals surface area contributed by atoms with Gasteiger partial charge in [-0.3, -0.25) is 4.98 Å². The number of H-pyrrole nitrogens is 1. The molecule has 0 unspecified atom stereocenters. The van der Waals surface area contributed by atoms with E-state index in [0.29, 0.717) is 41.4 Å². The number of imidazole rings is 1. The Kier molecular flexibility index (Phi) is 5.91. The summed E-state index contributed by atoms with van der Waals surface area (Å²) in [6.45, 7) is 2.08. The SMILES string of the molecule is OC1(c2ccccc2)CCN(c2c(CCNc3ncnc4[nH]cnc34)cc(Cl)c3cccnc23)CC1. The van der Waals surface area contributed by atoms with E-state index < -0.39 is 5.60 Å². The monoisotopic (exact) mass is 499 g/mol. The van der Waals surface area contributed by atoms with Crippen LogP contribution in [0.4, 0.5) is 11.5 Å². The third-order valence-corrected chi connectivity index (χ3v) is 7.33. The van der Waals surface area contributed by atoms with Gasteiger partial charge in [0.05, 0.1) is 28.2 Å². The topological polar surface area (TPSA) is 103 Å². The molecule has 0 radical (unpaired) electrons. The molecule has 182 valence electrons. The lowest BCUT2D eigenvalue weighted by molar-refractivity contribution is 0.0118. The third kappa shape index (κ3) is 4.12. The first kappa shape index (κ1) is 22.7. The molecule has 3 N–H and O–H groups in total. The Hall–Kier alpha value is -3.75. The third-order valence-electron chi connectivity index (χ3n) is 7.02. The number of nitrogens with one attached hydrogen (secondary N) is 2. The van der Waals surface area contributed by atoms with Crippen LogP contribution in [0, 0.1) is 0 Å². The number of aromatic nitrogens is 5. The molecule has 1 aliphatic rings. The zero-order valence-corrected chi connectivity index (χ0v) is 20.4. The second-order valence-corrected chi connectivity index (χ2v) is 9.56. The van der Waals surface area contributed by atoms with E-state index >= 15 is 0 Å².